The summed E-state index contributed by atoms with van der Waals surface area (Å²) in [5, 5.41) is 6.41. The number of carbonyl (C=O) groups is 1. The van der Waals surface area contributed by atoms with Crippen molar-refractivity contribution >= 4 is 23.2 Å². The zero-order chi connectivity index (χ0) is 17.1. The van der Waals surface area contributed by atoms with Crippen LogP contribution in [0, 0.1) is 5.92 Å². The van der Waals surface area contributed by atoms with Crippen LogP contribution in [0.2, 0.25) is 0 Å². The molecule has 0 spiro atoms. The number of hydrogen-bond acceptors (Lipinski definition) is 5. The van der Waals surface area contributed by atoms with Gasteiger partial charge < -0.3 is 19.7 Å². The lowest BCUT2D eigenvalue weighted by molar-refractivity contribution is 0.0806. The van der Waals surface area contributed by atoms with Crippen molar-refractivity contribution in [3.63, 3.8) is 0 Å². The number of fused-ring (bicyclic) bond motifs is 3. The molecule has 4 rings (SSSR count). The van der Waals surface area contributed by atoms with Gasteiger partial charge in [0, 0.05) is 12.6 Å². The van der Waals surface area contributed by atoms with Gasteiger partial charge in [0.15, 0.2) is 5.11 Å². The Kier molecular flexibility index (Phi) is 5.20. The summed E-state index contributed by atoms with van der Waals surface area (Å²) >= 11 is 5.34. The van der Waals surface area contributed by atoms with E-state index in [1.807, 2.05) is 0 Å². The normalized spacial score (nSPS) is 25.0. The Morgan fingerprint density at radius 1 is 1.21 bits per heavy atom. The smallest absolute Gasteiger partial charge is 0.264 e. The minimum atomic E-state index is -0.330. The van der Waals surface area contributed by atoms with Crippen LogP contribution in [0.5, 0.6) is 11.5 Å². The van der Waals surface area contributed by atoms with E-state index in [2.05, 4.69) is 15.5 Å². The summed E-state index contributed by atoms with van der Waals surface area (Å²) in [6.45, 7) is 3.32. The van der Waals surface area contributed by atoms with E-state index in [1.54, 1.807) is 18.2 Å². The Morgan fingerprint density at radius 3 is 2.33 bits per heavy atom. The molecule has 1 amide bonds. The van der Waals surface area contributed by atoms with Gasteiger partial charge >= 0.3 is 0 Å². The van der Waals surface area contributed by atoms with E-state index < -0.39 is 0 Å². The molecule has 1 aromatic carbocycles. The van der Waals surface area contributed by atoms with Gasteiger partial charge in [-0.1, -0.05) is 6.07 Å². The van der Waals surface area contributed by atoms with E-state index in [1.165, 1.54) is 40.2 Å². The van der Waals surface area contributed by atoms with Crippen LogP contribution < -0.4 is 20.1 Å². The number of nitrogens with one attached hydrogen (secondary N) is 2. The first-order chi connectivity index (χ1) is 11.6. The summed E-state index contributed by atoms with van der Waals surface area (Å²) in [7, 11) is 3.05. The minimum absolute atomic E-state index is 0.305. The Balaban J connectivity index is 1.65. The summed E-state index contributed by atoms with van der Waals surface area (Å²) in [4.78, 5) is 15.0. The second kappa shape index (κ2) is 7.36. The predicted octanol–water partition coefficient (Wildman–Crippen LogP) is 1.40. The average molecular weight is 349 g/mol. The number of ether oxygens (including phenoxy) is 2. The van der Waals surface area contributed by atoms with Gasteiger partial charge in [0.05, 0.1) is 14.2 Å². The molecule has 7 heteroatoms. The van der Waals surface area contributed by atoms with Crippen molar-refractivity contribution in [1.82, 2.24) is 15.5 Å². The van der Waals surface area contributed by atoms with Gasteiger partial charge in [-0.15, -0.1) is 0 Å². The highest BCUT2D eigenvalue weighted by molar-refractivity contribution is 7.80. The molecule has 3 aliphatic heterocycles. The number of rotatable bonds is 4. The molecule has 2 N–H and O–H groups in total. The standard InChI is InChI=1S/C17H23N3O3S/c1-22-13-4-3-5-14(23-2)15(13)16(21)19-17(24)18-12-10-20-8-6-11(12)7-9-20/h3-5,11-12H,6-10H2,1-2H3,(H2,18,19,21,24). The minimum Gasteiger partial charge on any atom is -0.496 e. The van der Waals surface area contributed by atoms with E-state index in [0.717, 1.165) is 6.54 Å². The highest BCUT2D eigenvalue weighted by Crippen LogP contribution is 2.29. The molecule has 0 aliphatic carbocycles. The molecule has 130 valence electrons. The second-order valence-corrected chi connectivity index (χ2v) is 6.62. The molecule has 0 aromatic heterocycles. The third-order valence-electron chi connectivity index (χ3n) is 4.85. The van der Waals surface area contributed by atoms with Crippen molar-refractivity contribution in [3.05, 3.63) is 23.8 Å². The zero-order valence-electron chi connectivity index (χ0n) is 14.0. The second-order valence-electron chi connectivity index (χ2n) is 6.21. The summed E-state index contributed by atoms with van der Waals surface area (Å²) in [6, 6.07) is 5.53. The Bertz CT molecular complexity index is 607. The fourth-order valence-electron chi connectivity index (χ4n) is 3.57. The van der Waals surface area contributed by atoms with E-state index in [-0.39, 0.29) is 5.91 Å². The molecule has 24 heavy (non-hydrogen) atoms. The maximum Gasteiger partial charge on any atom is 0.264 e. The summed E-state index contributed by atoms with van der Waals surface area (Å²) < 4.78 is 10.5. The lowest BCUT2D eigenvalue weighted by Crippen LogP contribution is -2.59. The van der Waals surface area contributed by atoms with Crippen LogP contribution in [-0.4, -0.2) is 55.8 Å². The zero-order valence-corrected chi connectivity index (χ0v) is 14.8. The van der Waals surface area contributed by atoms with E-state index >= 15 is 0 Å². The molecule has 2 bridgehead atoms. The molecule has 1 unspecified atom stereocenters. The van der Waals surface area contributed by atoms with E-state index in [9.17, 15) is 4.79 Å². The molecule has 3 saturated heterocycles. The van der Waals surface area contributed by atoms with Crippen molar-refractivity contribution in [2.75, 3.05) is 33.9 Å². The number of amides is 1. The molecule has 3 aliphatic rings. The first-order valence-corrected chi connectivity index (χ1v) is 8.58. The fourth-order valence-corrected chi connectivity index (χ4v) is 3.82. The molecule has 6 nitrogen and oxygen atoms in total. The van der Waals surface area contributed by atoms with Crippen molar-refractivity contribution in [2.45, 2.75) is 18.9 Å². The molecule has 0 saturated carbocycles. The van der Waals surface area contributed by atoms with Crippen LogP contribution >= 0.6 is 12.2 Å². The largest absolute Gasteiger partial charge is 0.496 e. The summed E-state index contributed by atoms with van der Waals surface area (Å²) in [6.07, 6.45) is 2.38. The first kappa shape index (κ1) is 17.0. The van der Waals surface area contributed by atoms with Crippen LogP contribution in [-0.2, 0) is 0 Å². The molecule has 3 fully saturated rings. The van der Waals surface area contributed by atoms with Gasteiger partial charge in [-0.3, -0.25) is 10.1 Å². The summed E-state index contributed by atoms with van der Waals surface area (Å²) in [5.41, 5.74) is 0.348. The topological polar surface area (TPSA) is 62.8 Å². The van der Waals surface area contributed by atoms with Gasteiger partial charge in [-0.05, 0) is 56.2 Å². The molecule has 1 aromatic rings. The number of carbonyl (C=O) groups excluding carboxylic acids is 1. The lowest BCUT2D eigenvalue weighted by atomic mass is 9.84. The highest BCUT2D eigenvalue weighted by Gasteiger charge is 2.34. The molecule has 0 radical (unpaired) electrons. The maximum absolute atomic E-state index is 12.6. The van der Waals surface area contributed by atoms with Gasteiger partial charge in [0.25, 0.3) is 5.91 Å². The quantitative estimate of drug-likeness (QED) is 0.802. The van der Waals surface area contributed by atoms with Crippen LogP contribution in [0.15, 0.2) is 18.2 Å². The van der Waals surface area contributed by atoms with Crippen molar-refractivity contribution in [3.8, 4) is 11.5 Å². The van der Waals surface area contributed by atoms with E-state index in [4.69, 9.17) is 21.7 Å². The van der Waals surface area contributed by atoms with Crippen LogP contribution in [0.1, 0.15) is 23.2 Å². The first-order valence-electron chi connectivity index (χ1n) is 8.17. The number of methoxy groups -OCH3 is 2. The van der Waals surface area contributed by atoms with Gasteiger partial charge in [-0.25, -0.2) is 0 Å². The number of hydrogen-bond donors (Lipinski definition) is 2. The maximum atomic E-state index is 12.6. The van der Waals surface area contributed by atoms with Crippen molar-refractivity contribution in [2.24, 2.45) is 5.92 Å². The SMILES string of the molecule is COc1cccc(OC)c1C(=O)NC(=S)NC1CN2CCC1CC2. The number of piperidine rings is 3. The van der Waals surface area contributed by atoms with Crippen molar-refractivity contribution < 1.29 is 14.3 Å². The van der Waals surface area contributed by atoms with Crippen LogP contribution in [0.3, 0.4) is 0 Å². The van der Waals surface area contributed by atoms with Crippen LogP contribution in [0.4, 0.5) is 0 Å². The van der Waals surface area contributed by atoms with Gasteiger partial charge in [-0.2, -0.15) is 0 Å². The Morgan fingerprint density at radius 2 is 1.83 bits per heavy atom. The number of nitrogens with zero attached hydrogens (tertiary/aromatic N) is 1. The van der Waals surface area contributed by atoms with Gasteiger partial charge in [0.2, 0.25) is 0 Å². The molecular weight excluding hydrogens is 326 g/mol. The van der Waals surface area contributed by atoms with Gasteiger partial charge in [0.1, 0.15) is 17.1 Å². The lowest BCUT2D eigenvalue weighted by Gasteiger charge is -2.45. The Labute approximate surface area is 147 Å². The summed E-state index contributed by atoms with van der Waals surface area (Å²) in [5.74, 6) is 1.21. The monoisotopic (exact) mass is 349 g/mol. The third-order valence-corrected chi connectivity index (χ3v) is 5.07. The van der Waals surface area contributed by atoms with Crippen molar-refractivity contribution in [1.29, 1.82) is 0 Å². The third kappa shape index (κ3) is 3.47. The van der Waals surface area contributed by atoms with Crippen LogP contribution in [0.25, 0.3) is 0 Å². The average Bonchev–Trinajstić information content (AvgIpc) is 2.61. The Hall–Kier alpha value is -1.86. The predicted molar refractivity (Wildman–Crippen MR) is 95.7 cm³/mol. The highest BCUT2D eigenvalue weighted by atomic mass is 32.1. The number of benzene rings is 1. The van der Waals surface area contributed by atoms with E-state index in [0.29, 0.717) is 34.1 Å². The number of thiocarbonyl (C=S) groups is 1. The molecular formula is C17H23N3O3S. The molecule has 1 atom stereocenters. The fraction of sp³-hybridized carbons (Fsp3) is 0.529. The molecule has 3 heterocycles.